The zero-order valence-corrected chi connectivity index (χ0v) is 9.60. The van der Waals surface area contributed by atoms with Gasteiger partial charge in [-0.1, -0.05) is 17.3 Å². The Morgan fingerprint density at radius 1 is 1.39 bits per heavy atom. The van der Waals surface area contributed by atoms with E-state index in [4.69, 9.17) is 9.63 Å². The number of nitrogens with one attached hydrogen (secondary N) is 1. The van der Waals surface area contributed by atoms with Crippen LogP contribution in [-0.4, -0.2) is 21.2 Å². The average molecular weight is 242 g/mol. The van der Waals surface area contributed by atoms with Crippen molar-refractivity contribution in [1.82, 2.24) is 10.1 Å². The largest absolute Gasteiger partial charge is 0.476 e. The monoisotopic (exact) mass is 242 g/mol. The van der Waals surface area contributed by atoms with E-state index in [0.717, 1.165) is 22.2 Å². The van der Waals surface area contributed by atoms with Crippen molar-refractivity contribution in [1.29, 1.82) is 0 Å². The van der Waals surface area contributed by atoms with Crippen molar-refractivity contribution in [3.8, 4) is 11.5 Å². The first kappa shape index (κ1) is 10.6. The van der Waals surface area contributed by atoms with Gasteiger partial charge in [-0.15, -0.1) is 0 Å². The molecule has 0 atom stereocenters. The Morgan fingerprint density at radius 3 is 2.89 bits per heavy atom. The standard InChI is InChI=1S/C13H10N2O3/c1-7-3-2-4-9-8(7)5-10(14-9)12-6-11(13(16)17)15-18-12/h2-6,14H,1H3,(H,16,17). The van der Waals surface area contributed by atoms with Crippen molar-refractivity contribution in [2.24, 2.45) is 0 Å². The maximum absolute atomic E-state index is 10.7. The minimum absolute atomic E-state index is 0.0969. The molecule has 2 aromatic heterocycles. The number of carbonyl (C=O) groups is 1. The summed E-state index contributed by atoms with van der Waals surface area (Å²) in [6, 6.07) is 9.27. The molecule has 0 radical (unpaired) electrons. The second-order valence-electron chi connectivity index (χ2n) is 4.10. The van der Waals surface area contributed by atoms with E-state index >= 15 is 0 Å². The van der Waals surface area contributed by atoms with E-state index in [9.17, 15) is 4.79 Å². The summed E-state index contributed by atoms with van der Waals surface area (Å²) in [5.41, 5.74) is 2.76. The number of carboxylic acids is 1. The van der Waals surface area contributed by atoms with Crippen molar-refractivity contribution in [3.63, 3.8) is 0 Å². The molecule has 0 saturated heterocycles. The van der Waals surface area contributed by atoms with Gasteiger partial charge in [0.1, 0.15) is 0 Å². The lowest BCUT2D eigenvalue weighted by molar-refractivity contribution is 0.0686. The van der Waals surface area contributed by atoms with Crippen LogP contribution in [0.3, 0.4) is 0 Å². The van der Waals surface area contributed by atoms with Gasteiger partial charge in [0.2, 0.25) is 0 Å². The van der Waals surface area contributed by atoms with Crippen molar-refractivity contribution in [2.45, 2.75) is 6.92 Å². The summed E-state index contributed by atoms with van der Waals surface area (Å²) in [4.78, 5) is 13.9. The molecule has 0 unspecified atom stereocenters. The van der Waals surface area contributed by atoms with Gasteiger partial charge in [-0.3, -0.25) is 0 Å². The molecule has 1 aromatic carbocycles. The fourth-order valence-corrected chi connectivity index (χ4v) is 1.94. The van der Waals surface area contributed by atoms with Crippen LogP contribution in [-0.2, 0) is 0 Å². The summed E-state index contributed by atoms with van der Waals surface area (Å²) in [5.74, 6) is -0.680. The van der Waals surface area contributed by atoms with Crippen LogP contribution in [0.25, 0.3) is 22.4 Å². The number of aromatic amines is 1. The third-order valence-corrected chi connectivity index (χ3v) is 2.88. The van der Waals surface area contributed by atoms with Gasteiger partial charge in [-0.25, -0.2) is 4.79 Å². The Labute approximate surface area is 102 Å². The predicted molar refractivity (Wildman–Crippen MR) is 65.5 cm³/mol. The lowest BCUT2D eigenvalue weighted by Gasteiger charge is -1.92. The number of carboxylic acid groups (broad SMARTS) is 1. The maximum Gasteiger partial charge on any atom is 0.358 e. The molecule has 3 rings (SSSR count). The number of benzene rings is 1. The van der Waals surface area contributed by atoms with Crippen LogP contribution in [0.4, 0.5) is 0 Å². The molecular formula is C13H10N2O3. The van der Waals surface area contributed by atoms with Crippen molar-refractivity contribution in [2.75, 3.05) is 0 Å². The average Bonchev–Trinajstić information content (AvgIpc) is 2.95. The second-order valence-corrected chi connectivity index (χ2v) is 4.10. The highest BCUT2D eigenvalue weighted by Gasteiger charge is 2.14. The number of H-pyrrole nitrogens is 1. The molecular weight excluding hydrogens is 232 g/mol. The lowest BCUT2D eigenvalue weighted by atomic mass is 10.1. The summed E-state index contributed by atoms with van der Waals surface area (Å²) in [6.45, 7) is 2.02. The Balaban J connectivity index is 2.13. The molecule has 0 bridgehead atoms. The van der Waals surface area contributed by atoms with E-state index in [0.29, 0.717) is 5.76 Å². The minimum Gasteiger partial charge on any atom is -0.476 e. The third kappa shape index (κ3) is 1.57. The quantitative estimate of drug-likeness (QED) is 0.724. The van der Waals surface area contributed by atoms with Crippen LogP contribution in [0.2, 0.25) is 0 Å². The fraction of sp³-hybridized carbons (Fsp3) is 0.0769. The number of hydrogen-bond acceptors (Lipinski definition) is 3. The number of aryl methyl sites for hydroxylation is 1. The molecule has 90 valence electrons. The molecule has 3 aromatic rings. The fourth-order valence-electron chi connectivity index (χ4n) is 1.94. The zero-order valence-electron chi connectivity index (χ0n) is 9.60. The van der Waals surface area contributed by atoms with Crippen LogP contribution in [0.5, 0.6) is 0 Å². The van der Waals surface area contributed by atoms with Gasteiger partial charge in [-0.05, 0) is 24.6 Å². The second kappa shape index (κ2) is 3.73. The van der Waals surface area contributed by atoms with Crippen molar-refractivity contribution in [3.05, 3.63) is 41.6 Å². The van der Waals surface area contributed by atoms with E-state index in [-0.39, 0.29) is 5.69 Å². The highest BCUT2D eigenvalue weighted by molar-refractivity contribution is 5.89. The Bertz CT molecular complexity index is 740. The third-order valence-electron chi connectivity index (χ3n) is 2.88. The first-order chi connectivity index (χ1) is 8.65. The number of aromatic carboxylic acids is 1. The molecule has 0 saturated carbocycles. The van der Waals surface area contributed by atoms with Crippen LogP contribution >= 0.6 is 0 Å². The number of hydrogen-bond donors (Lipinski definition) is 2. The summed E-state index contributed by atoms with van der Waals surface area (Å²) < 4.78 is 5.02. The van der Waals surface area contributed by atoms with E-state index in [1.54, 1.807) is 0 Å². The maximum atomic E-state index is 10.7. The molecule has 0 aliphatic carbocycles. The van der Waals surface area contributed by atoms with Gasteiger partial charge in [0.05, 0.1) is 5.69 Å². The number of fused-ring (bicyclic) bond motifs is 1. The Morgan fingerprint density at radius 2 is 2.22 bits per heavy atom. The molecule has 5 heteroatoms. The van der Waals surface area contributed by atoms with E-state index in [1.165, 1.54) is 6.07 Å². The zero-order chi connectivity index (χ0) is 12.7. The minimum atomic E-state index is -1.10. The number of rotatable bonds is 2. The molecule has 0 aliphatic rings. The number of nitrogens with zero attached hydrogens (tertiary/aromatic N) is 1. The van der Waals surface area contributed by atoms with E-state index in [1.807, 2.05) is 31.2 Å². The van der Waals surface area contributed by atoms with Gasteiger partial charge >= 0.3 is 5.97 Å². The summed E-state index contributed by atoms with van der Waals surface area (Å²) >= 11 is 0. The van der Waals surface area contributed by atoms with E-state index in [2.05, 4.69) is 10.1 Å². The van der Waals surface area contributed by atoms with Crippen LogP contribution in [0.1, 0.15) is 16.1 Å². The Hall–Kier alpha value is -2.56. The molecule has 0 fully saturated rings. The highest BCUT2D eigenvalue weighted by Crippen LogP contribution is 2.26. The van der Waals surface area contributed by atoms with Gasteiger partial charge < -0.3 is 14.6 Å². The van der Waals surface area contributed by atoms with Crippen molar-refractivity contribution >= 4 is 16.9 Å². The molecule has 18 heavy (non-hydrogen) atoms. The first-order valence-electron chi connectivity index (χ1n) is 5.44. The predicted octanol–water partition coefficient (Wildman–Crippen LogP) is 2.83. The molecule has 2 N–H and O–H groups in total. The number of aromatic nitrogens is 2. The van der Waals surface area contributed by atoms with Crippen LogP contribution in [0.15, 0.2) is 34.9 Å². The molecule has 0 amide bonds. The highest BCUT2D eigenvalue weighted by atomic mass is 16.5. The van der Waals surface area contributed by atoms with Gasteiger partial charge in [-0.2, -0.15) is 0 Å². The lowest BCUT2D eigenvalue weighted by Crippen LogP contribution is -1.94. The van der Waals surface area contributed by atoms with Gasteiger partial charge in [0, 0.05) is 17.0 Å². The summed E-state index contributed by atoms with van der Waals surface area (Å²) in [5, 5.41) is 13.4. The summed E-state index contributed by atoms with van der Waals surface area (Å²) in [7, 11) is 0. The topological polar surface area (TPSA) is 79.1 Å². The molecule has 5 nitrogen and oxygen atoms in total. The van der Waals surface area contributed by atoms with Gasteiger partial charge in [0.25, 0.3) is 0 Å². The Kier molecular flexibility index (Phi) is 2.19. The summed E-state index contributed by atoms with van der Waals surface area (Å²) in [6.07, 6.45) is 0. The SMILES string of the molecule is Cc1cccc2[nH]c(-c3cc(C(=O)O)no3)cc12. The van der Waals surface area contributed by atoms with Crippen LogP contribution in [0, 0.1) is 6.92 Å². The van der Waals surface area contributed by atoms with Gasteiger partial charge in [0.15, 0.2) is 11.5 Å². The molecule has 2 heterocycles. The molecule has 0 aliphatic heterocycles. The van der Waals surface area contributed by atoms with E-state index < -0.39 is 5.97 Å². The van der Waals surface area contributed by atoms with Crippen LogP contribution < -0.4 is 0 Å². The van der Waals surface area contributed by atoms with Crippen molar-refractivity contribution < 1.29 is 14.4 Å². The first-order valence-corrected chi connectivity index (χ1v) is 5.44. The molecule has 0 spiro atoms. The normalized spacial score (nSPS) is 10.9. The smallest absolute Gasteiger partial charge is 0.358 e.